The molecule has 8 heteroatoms. The summed E-state index contributed by atoms with van der Waals surface area (Å²) in [6.45, 7) is 13.2. The molecular formula is C32H43N5O3. The van der Waals surface area contributed by atoms with Gasteiger partial charge >= 0.3 is 0 Å². The van der Waals surface area contributed by atoms with E-state index in [1.807, 2.05) is 32.2 Å². The maximum absolute atomic E-state index is 11.7. The number of aryl methyl sites for hydroxylation is 2. The van der Waals surface area contributed by atoms with Gasteiger partial charge in [-0.25, -0.2) is 9.98 Å². The van der Waals surface area contributed by atoms with Gasteiger partial charge in [0.05, 0.1) is 12.3 Å². The topological polar surface area (TPSA) is 95.4 Å². The lowest BCUT2D eigenvalue weighted by atomic mass is 9.97. The lowest BCUT2D eigenvalue weighted by Crippen LogP contribution is -2.23. The molecule has 0 saturated carbocycles. The molecule has 40 heavy (non-hydrogen) atoms. The molecule has 0 spiro atoms. The third-order valence-electron chi connectivity index (χ3n) is 6.84. The number of rotatable bonds is 5. The lowest BCUT2D eigenvalue weighted by molar-refractivity contribution is -0.115. The van der Waals surface area contributed by atoms with Gasteiger partial charge in [-0.1, -0.05) is 46.6 Å². The predicted molar refractivity (Wildman–Crippen MR) is 161 cm³/mol. The highest BCUT2D eigenvalue weighted by molar-refractivity contribution is 6.17. The predicted octanol–water partition coefficient (Wildman–Crippen LogP) is 7.33. The summed E-state index contributed by atoms with van der Waals surface area (Å²) in [6.07, 6.45) is 15.6. The van der Waals surface area contributed by atoms with Gasteiger partial charge in [-0.05, 0) is 44.2 Å². The second-order valence-corrected chi connectivity index (χ2v) is 10.3. The van der Waals surface area contributed by atoms with Crippen LogP contribution in [0, 0.1) is 12.8 Å². The number of hydrogen-bond donors (Lipinski definition) is 0. The van der Waals surface area contributed by atoms with E-state index in [0.717, 1.165) is 34.6 Å². The van der Waals surface area contributed by atoms with Crippen molar-refractivity contribution in [1.82, 2.24) is 19.7 Å². The summed E-state index contributed by atoms with van der Waals surface area (Å²) in [6, 6.07) is 5.87. The van der Waals surface area contributed by atoms with Crippen LogP contribution in [0.4, 0.5) is 0 Å². The first-order valence-electron chi connectivity index (χ1n) is 14.3. The average Bonchev–Trinajstić information content (AvgIpc) is 3.55. The lowest BCUT2D eigenvalue weighted by Gasteiger charge is -2.26. The van der Waals surface area contributed by atoms with Crippen molar-refractivity contribution in [3.63, 3.8) is 0 Å². The number of hydrogen-bond acceptors (Lipinski definition) is 6. The van der Waals surface area contributed by atoms with Crippen LogP contribution in [0.3, 0.4) is 0 Å². The summed E-state index contributed by atoms with van der Waals surface area (Å²) < 4.78 is 13.1. The minimum Gasteiger partial charge on any atom is -0.436 e. The molecular weight excluding hydrogens is 502 g/mol. The molecule has 1 aliphatic rings. The minimum absolute atomic E-state index is 0.308. The summed E-state index contributed by atoms with van der Waals surface area (Å²) in [4.78, 5) is 24.5. The van der Waals surface area contributed by atoms with Crippen molar-refractivity contribution in [2.75, 3.05) is 6.61 Å². The summed E-state index contributed by atoms with van der Waals surface area (Å²) in [7, 11) is 1.81. The van der Waals surface area contributed by atoms with Gasteiger partial charge in [-0.3, -0.25) is 14.5 Å². The smallest absolute Gasteiger partial charge is 0.243 e. The molecule has 214 valence electrons. The molecule has 5 rings (SSSR count). The Morgan fingerprint density at radius 1 is 1.15 bits per heavy atom. The van der Waals surface area contributed by atoms with Crippen molar-refractivity contribution in [3.05, 3.63) is 66.1 Å². The molecule has 0 aliphatic carbocycles. The number of nitrogens with zero attached hydrogens (tertiary/aromatic N) is 5. The SMILES string of the molecule is CC(=O)N=C(c1cnn(C)c1)c1oc2ncc(-c3cccnc3)cc2c1C.CCC1CC(C)CCO1.CCCC. The van der Waals surface area contributed by atoms with E-state index in [2.05, 4.69) is 47.8 Å². The Morgan fingerprint density at radius 3 is 2.48 bits per heavy atom. The number of aliphatic imine (C=N–C) groups is 1. The van der Waals surface area contributed by atoms with Gasteiger partial charge in [-0.2, -0.15) is 5.10 Å². The summed E-state index contributed by atoms with van der Waals surface area (Å²) in [5.74, 6) is 1.10. The summed E-state index contributed by atoms with van der Waals surface area (Å²) in [5.41, 5.74) is 4.44. The van der Waals surface area contributed by atoms with Crippen LogP contribution < -0.4 is 0 Å². The van der Waals surface area contributed by atoms with Crippen LogP contribution in [0.2, 0.25) is 0 Å². The van der Waals surface area contributed by atoms with Crippen LogP contribution in [0.15, 0.2) is 58.6 Å². The van der Waals surface area contributed by atoms with Crippen molar-refractivity contribution in [2.45, 2.75) is 79.8 Å². The number of furan rings is 1. The molecule has 0 bridgehead atoms. The zero-order valence-corrected chi connectivity index (χ0v) is 25.0. The molecule has 0 radical (unpaired) electrons. The normalized spacial score (nSPS) is 17.0. The third kappa shape index (κ3) is 8.42. The molecule has 2 atom stereocenters. The van der Waals surface area contributed by atoms with E-state index in [-0.39, 0.29) is 5.91 Å². The van der Waals surface area contributed by atoms with E-state index in [1.165, 1.54) is 39.0 Å². The van der Waals surface area contributed by atoms with Gasteiger partial charge in [0.15, 0.2) is 5.76 Å². The number of pyridine rings is 2. The first-order valence-corrected chi connectivity index (χ1v) is 14.3. The molecule has 4 aromatic heterocycles. The van der Waals surface area contributed by atoms with E-state index in [9.17, 15) is 4.79 Å². The van der Waals surface area contributed by atoms with E-state index >= 15 is 0 Å². The third-order valence-corrected chi connectivity index (χ3v) is 6.84. The second kappa shape index (κ2) is 15.2. The highest BCUT2D eigenvalue weighted by Crippen LogP contribution is 2.30. The number of fused-ring (bicyclic) bond motifs is 1. The maximum Gasteiger partial charge on any atom is 0.243 e. The van der Waals surface area contributed by atoms with Crippen LogP contribution in [-0.4, -0.2) is 44.1 Å². The molecule has 5 heterocycles. The monoisotopic (exact) mass is 545 g/mol. The molecule has 8 nitrogen and oxygen atoms in total. The molecule has 1 saturated heterocycles. The molecule has 1 amide bonds. The number of ether oxygens (including phenoxy) is 1. The zero-order valence-electron chi connectivity index (χ0n) is 25.0. The summed E-state index contributed by atoms with van der Waals surface area (Å²) in [5, 5.41) is 5.04. The first kappa shape index (κ1) is 30.9. The fourth-order valence-electron chi connectivity index (χ4n) is 4.32. The molecule has 1 aliphatic heterocycles. The van der Waals surface area contributed by atoms with Crippen LogP contribution in [0.5, 0.6) is 0 Å². The van der Waals surface area contributed by atoms with Crippen molar-refractivity contribution < 1.29 is 13.9 Å². The zero-order chi connectivity index (χ0) is 29.1. The van der Waals surface area contributed by atoms with Gasteiger partial charge < -0.3 is 9.15 Å². The number of aromatic nitrogens is 4. The van der Waals surface area contributed by atoms with Crippen molar-refractivity contribution in [2.24, 2.45) is 18.0 Å². The van der Waals surface area contributed by atoms with Crippen LogP contribution in [0.1, 0.15) is 83.6 Å². The fraction of sp³-hybridized carbons (Fsp3) is 0.469. The Kier molecular flexibility index (Phi) is 11.8. The van der Waals surface area contributed by atoms with Gasteiger partial charge in [0, 0.05) is 73.0 Å². The van der Waals surface area contributed by atoms with Gasteiger partial charge in [0.25, 0.3) is 0 Å². The van der Waals surface area contributed by atoms with Crippen molar-refractivity contribution in [1.29, 1.82) is 0 Å². The Balaban J connectivity index is 0.000000282. The molecule has 2 unspecified atom stereocenters. The number of carbonyl (C=O) groups excluding carboxylic acids is 1. The van der Waals surface area contributed by atoms with Crippen LogP contribution in [0.25, 0.3) is 22.2 Å². The average molecular weight is 546 g/mol. The Labute approximate surface area is 237 Å². The fourth-order valence-corrected chi connectivity index (χ4v) is 4.32. The number of carbonyl (C=O) groups is 1. The van der Waals surface area contributed by atoms with Crippen LogP contribution in [-0.2, 0) is 16.6 Å². The van der Waals surface area contributed by atoms with Crippen LogP contribution >= 0.6 is 0 Å². The van der Waals surface area contributed by atoms with E-state index in [1.54, 1.807) is 35.7 Å². The maximum atomic E-state index is 11.7. The van der Waals surface area contributed by atoms with E-state index in [0.29, 0.717) is 28.9 Å². The Bertz CT molecular complexity index is 1390. The largest absolute Gasteiger partial charge is 0.436 e. The quantitative estimate of drug-likeness (QED) is 0.244. The highest BCUT2D eigenvalue weighted by atomic mass is 16.5. The van der Waals surface area contributed by atoms with E-state index in [4.69, 9.17) is 9.15 Å². The first-order chi connectivity index (χ1) is 19.3. The molecule has 4 aromatic rings. The van der Waals surface area contributed by atoms with Crippen molar-refractivity contribution in [3.8, 4) is 11.1 Å². The molecule has 0 N–H and O–H groups in total. The standard InChI is InChI=1S/C20H17N5O2.C8H16O.C4H10/c1-12-17-7-15(14-5-4-6-21-8-14)9-22-20(17)27-19(12)18(24-13(2)26)16-10-23-25(3)11-16;1-3-8-6-7(2)4-5-9-8;1-3-4-2/h4-11H,1-3H3;7-8H,3-6H2,1-2H3;3-4H2,1-2H3. The van der Waals surface area contributed by atoms with E-state index < -0.39 is 0 Å². The van der Waals surface area contributed by atoms with Gasteiger partial charge in [0.2, 0.25) is 11.6 Å². The minimum atomic E-state index is -0.308. The molecule has 1 fully saturated rings. The number of amides is 1. The highest BCUT2D eigenvalue weighted by Gasteiger charge is 2.21. The van der Waals surface area contributed by atoms with Gasteiger partial charge in [-0.15, -0.1) is 0 Å². The van der Waals surface area contributed by atoms with Crippen molar-refractivity contribution >= 4 is 22.7 Å². The Morgan fingerprint density at radius 2 is 1.93 bits per heavy atom. The number of unbranched alkanes of at least 4 members (excludes halogenated alkanes) is 1. The summed E-state index contributed by atoms with van der Waals surface area (Å²) >= 11 is 0. The Hall–Kier alpha value is -3.65. The molecule has 0 aromatic carbocycles. The second-order valence-electron chi connectivity index (χ2n) is 10.3. The van der Waals surface area contributed by atoms with Gasteiger partial charge in [0.1, 0.15) is 5.71 Å².